The number of nitrogens with one attached hydrogen (secondary N) is 3. The molecule has 0 aliphatic heterocycles. The molecule has 0 radical (unpaired) electrons. The number of benzene rings is 1. The van der Waals surface area contributed by atoms with Crippen LogP contribution >= 0.6 is 0 Å². The molecule has 0 bridgehead atoms. The van der Waals surface area contributed by atoms with E-state index in [4.69, 9.17) is 0 Å². The quantitative estimate of drug-likeness (QED) is 0.783. The fraction of sp³-hybridized carbons (Fsp3) is 0.467. The van der Waals surface area contributed by atoms with E-state index in [0.29, 0.717) is 0 Å². The molecule has 7 nitrogen and oxygen atoms in total. The number of amides is 4. The zero-order chi connectivity index (χ0) is 16.9. The Bertz CT molecular complexity index is 664. The SMILES string of the molecule is Cc1ccc(S(=O)(=O)NC(=O)NC(=O)NC2CCCCC2)cc1. The number of rotatable bonds is 3. The molecule has 23 heavy (non-hydrogen) atoms. The predicted octanol–water partition coefficient (Wildman–Crippen LogP) is 2.03. The van der Waals surface area contributed by atoms with E-state index in [1.165, 1.54) is 12.1 Å². The Morgan fingerprint density at radius 3 is 2.22 bits per heavy atom. The van der Waals surface area contributed by atoms with Gasteiger partial charge in [-0.25, -0.2) is 22.7 Å². The molecular formula is C15H21N3O4S. The van der Waals surface area contributed by atoms with E-state index in [0.717, 1.165) is 37.7 Å². The molecule has 0 aromatic heterocycles. The molecule has 1 aliphatic carbocycles. The Kier molecular flexibility index (Phi) is 5.59. The molecule has 0 atom stereocenters. The molecule has 0 spiro atoms. The van der Waals surface area contributed by atoms with Crippen molar-refractivity contribution in [3.63, 3.8) is 0 Å². The Morgan fingerprint density at radius 1 is 1.00 bits per heavy atom. The summed E-state index contributed by atoms with van der Waals surface area (Å²) in [6, 6.07) is 4.32. The van der Waals surface area contributed by atoms with Gasteiger partial charge in [0.25, 0.3) is 10.0 Å². The average molecular weight is 339 g/mol. The Balaban J connectivity index is 1.87. The van der Waals surface area contributed by atoms with E-state index in [1.54, 1.807) is 12.1 Å². The number of aryl methyl sites for hydroxylation is 1. The first-order valence-corrected chi connectivity index (χ1v) is 9.06. The third-order valence-corrected chi connectivity index (χ3v) is 5.07. The molecule has 0 unspecified atom stereocenters. The molecule has 0 heterocycles. The molecule has 1 fully saturated rings. The van der Waals surface area contributed by atoms with Gasteiger partial charge in [-0.15, -0.1) is 0 Å². The Hall–Kier alpha value is -2.09. The molecule has 126 valence electrons. The first-order chi connectivity index (χ1) is 10.9. The summed E-state index contributed by atoms with van der Waals surface area (Å²) in [5.74, 6) is 0. The number of carbonyl (C=O) groups excluding carboxylic acids is 2. The van der Waals surface area contributed by atoms with Crippen LogP contribution < -0.4 is 15.4 Å². The van der Waals surface area contributed by atoms with Crippen molar-refractivity contribution in [3.05, 3.63) is 29.8 Å². The lowest BCUT2D eigenvalue weighted by molar-refractivity contribution is 0.224. The van der Waals surface area contributed by atoms with E-state index >= 15 is 0 Å². The Morgan fingerprint density at radius 2 is 1.61 bits per heavy atom. The van der Waals surface area contributed by atoms with Gasteiger partial charge in [0.05, 0.1) is 4.90 Å². The molecule has 1 aromatic rings. The van der Waals surface area contributed by atoms with Gasteiger partial charge >= 0.3 is 12.1 Å². The van der Waals surface area contributed by atoms with Gasteiger partial charge in [0.15, 0.2) is 0 Å². The van der Waals surface area contributed by atoms with E-state index in [9.17, 15) is 18.0 Å². The van der Waals surface area contributed by atoms with E-state index in [-0.39, 0.29) is 10.9 Å². The van der Waals surface area contributed by atoms with Crippen molar-refractivity contribution in [1.82, 2.24) is 15.4 Å². The highest BCUT2D eigenvalue weighted by molar-refractivity contribution is 7.90. The first kappa shape index (κ1) is 17.3. The fourth-order valence-corrected chi connectivity index (χ4v) is 3.40. The van der Waals surface area contributed by atoms with Crippen molar-refractivity contribution < 1.29 is 18.0 Å². The smallest absolute Gasteiger partial charge is 0.335 e. The van der Waals surface area contributed by atoms with Gasteiger partial charge in [-0.05, 0) is 31.9 Å². The van der Waals surface area contributed by atoms with Crippen molar-refractivity contribution in [1.29, 1.82) is 0 Å². The molecule has 1 aliphatic rings. The van der Waals surface area contributed by atoms with Crippen molar-refractivity contribution in [2.24, 2.45) is 0 Å². The van der Waals surface area contributed by atoms with Gasteiger partial charge in [0, 0.05) is 6.04 Å². The molecule has 8 heteroatoms. The third-order valence-electron chi connectivity index (χ3n) is 3.73. The number of imide groups is 1. The molecule has 1 saturated carbocycles. The zero-order valence-electron chi connectivity index (χ0n) is 13.0. The second kappa shape index (κ2) is 7.45. The minimum atomic E-state index is -4.00. The number of hydrogen-bond acceptors (Lipinski definition) is 4. The summed E-state index contributed by atoms with van der Waals surface area (Å²) >= 11 is 0. The van der Waals surface area contributed by atoms with Crippen LogP contribution in [0.3, 0.4) is 0 Å². The van der Waals surface area contributed by atoms with Crippen LogP contribution in [-0.4, -0.2) is 26.5 Å². The maximum atomic E-state index is 12.0. The third kappa shape index (κ3) is 5.24. The summed E-state index contributed by atoms with van der Waals surface area (Å²) in [7, 11) is -4.00. The lowest BCUT2D eigenvalue weighted by atomic mass is 9.96. The van der Waals surface area contributed by atoms with Crippen LogP contribution in [0.4, 0.5) is 9.59 Å². The van der Waals surface area contributed by atoms with Crippen molar-refractivity contribution in [2.45, 2.75) is 50.0 Å². The van der Waals surface area contributed by atoms with Crippen LogP contribution in [0.1, 0.15) is 37.7 Å². The maximum Gasteiger partial charge on any atom is 0.336 e. The number of hydrogen-bond donors (Lipinski definition) is 3. The summed E-state index contributed by atoms with van der Waals surface area (Å²) in [6.07, 6.45) is 4.97. The Labute approximate surface area is 135 Å². The largest absolute Gasteiger partial charge is 0.336 e. The van der Waals surface area contributed by atoms with Gasteiger partial charge in [-0.3, -0.25) is 5.32 Å². The van der Waals surface area contributed by atoms with Crippen LogP contribution in [0.25, 0.3) is 0 Å². The fourth-order valence-electron chi connectivity index (χ4n) is 2.50. The molecular weight excluding hydrogens is 318 g/mol. The van der Waals surface area contributed by atoms with Gasteiger partial charge in [-0.2, -0.15) is 0 Å². The monoisotopic (exact) mass is 339 g/mol. The van der Waals surface area contributed by atoms with E-state index < -0.39 is 22.1 Å². The molecule has 0 saturated heterocycles. The van der Waals surface area contributed by atoms with Crippen LogP contribution in [-0.2, 0) is 10.0 Å². The van der Waals surface area contributed by atoms with E-state index in [1.807, 2.05) is 17.0 Å². The highest BCUT2D eigenvalue weighted by atomic mass is 32.2. The first-order valence-electron chi connectivity index (χ1n) is 7.58. The van der Waals surface area contributed by atoms with Crippen LogP contribution in [0, 0.1) is 6.92 Å². The van der Waals surface area contributed by atoms with Gasteiger partial charge < -0.3 is 5.32 Å². The lowest BCUT2D eigenvalue weighted by Crippen LogP contribution is -2.49. The van der Waals surface area contributed by atoms with Gasteiger partial charge in [-0.1, -0.05) is 37.0 Å². The average Bonchev–Trinajstić information content (AvgIpc) is 2.47. The number of sulfonamides is 1. The normalized spacial score (nSPS) is 15.7. The molecule has 2 rings (SSSR count). The molecule has 3 N–H and O–H groups in total. The van der Waals surface area contributed by atoms with Gasteiger partial charge in [0.2, 0.25) is 0 Å². The molecule has 4 amide bonds. The van der Waals surface area contributed by atoms with Crippen LogP contribution in [0.5, 0.6) is 0 Å². The highest BCUT2D eigenvalue weighted by Gasteiger charge is 2.20. The molecule has 1 aromatic carbocycles. The second-order valence-corrected chi connectivity index (χ2v) is 7.36. The summed E-state index contributed by atoms with van der Waals surface area (Å²) in [4.78, 5) is 23.4. The van der Waals surface area contributed by atoms with Crippen LogP contribution in [0.15, 0.2) is 29.2 Å². The summed E-state index contributed by atoms with van der Waals surface area (Å²) < 4.78 is 25.9. The maximum absolute atomic E-state index is 12.0. The number of carbonyl (C=O) groups is 2. The number of urea groups is 2. The van der Waals surface area contributed by atoms with Gasteiger partial charge in [0.1, 0.15) is 0 Å². The topological polar surface area (TPSA) is 104 Å². The minimum Gasteiger partial charge on any atom is -0.335 e. The highest BCUT2D eigenvalue weighted by Crippen LogP contribution is 2.17. The van der Waals surface area contributed by atoms with Crippen LogP contribution in [0.2, 0.25) is 0 Å². The lowest BCUT2D eigenvalue weighted by Gasteiger charge is -2.22. The summed E-state index contributed by atoms with van der Waals surface area (Å²) in [5.41, 5.74) is 0.903. The van der Waals surface area contributed by atoms with Crippen molar-refractivity contribution >= 4 is 22.1 Å². The summed E-state index contributed by atoms with van der Waals surface area (Å²) in [5, 5.41) is 4.66. The minimum absolute atomic E-state index is 0.0326. The van der Waals surface area contributed by atoms with Crippen molar-refractivity contribution in [2.75, 3.05) is 0 Å². The second-order valence-electron chi connectivity index (χ2n) is 5.68. The predicted molar refractivity (Wildman–Crippen MR) is 85.4 cm³/mol. The van der Waals surface area contributed by atoms with Crippen molar-refractivity contribution in [3.8, 4) is 0 Å². The zero-order valence-corrected chi connectivity index (χ0v) is 13.8. The summed E-state index contributed by atoms with van der Waals surface area (Å²) in [6.45, 7) is 1.83. The van der Waals surface area contributed by atoms with E-state index in [2.05, 4.69) is 5.32 Å². The standard InChI is InChI=1S/C15H21N3O4S/c1-11-7-9-13(10-8-11)23(21,22)18-15(20)17-14(19)16-12-5-3-2-4-6-12/h7-10,12H,2-6H2,1H3,(H3,16,17,18,19,20).